The first-order valence-electron chi connectivity index (χ1n) is 15.3. The van der Waals surface area contributed by atoms with Crippen LogP contribution in [0, 0.1) is 5.82 Å². The molecule has 1 fully saturated rings. The van der Waals surface area contributed by atoms with Gasteiger partial charge in [-0.2, -0.15) is 0 Å². The number of halogens is 3. The molecule has 0 aliphatic carbocycles. The predicted octanol–water partition coefficient (Wildman–Crippen LogP) is 7.57. The number of fused-ring (bicyclic) bond motifs is 7. The highest BCUT2D eigenvalue weighted by molar-refractivity contribution is 6.31. The van der Waals surface area contributed by atoms with Crippen molar-refractivity contribution in [1.29, 1.82) is 0 Å². The van der Waals surface area contributed by atoms with Crippen molar-refractivity contribution < 1.29 is 23.5 Å². The molecule has 246 valence electrons. The largest absolute Gasteiger partial charge is 0.497 e. The minimum atomic E-state index is -1.31. The molecular weight excluding hydrogens is 654 g/mol. The van der Waals surface area contributed by atoms with E-state index in [9.17, 15) is 9.59 Å². The lowest BCUT2D eigenvalue weighted by molar-refractivity contribution is -0.128. The summed E-state index contributed by atoms with van der Waals surface area (Å²) in [4.78, 5) is 34.4. The number of aromatic nitrogens is 2. The Balaban J connectivity index is 0.00000364. The molecule has 48 heavy (non-hydrogen) atoms. The van der Waals surface area contributed by atoms with Crippen molar-refractivity contribution in [2.24, 2.45) is 0 Å². The first kappa shape index (κ1) is 32.1. The van der Waals surface area contributed by atoms with E-state index in [4.69, 9.17) is 37.7 Å². The van der Waals surface area contributed by atoms with Gasteiger partial charge in [0.15, 0.2) is 0 Å². The van der Waals surface area contributed by atoms with Crippen molar-refractivity contribution in [2.75, 3.05) is 26.1 Å². The molecule has 4 atom stereocenters. The van der Waals surface area contributed by atoms with E-state index in [0.717, 1.165) is 28.2 Å². The Hall–Kier alpha value is -4.44. The number of benzene rings is 4. The molecule has 3 aliphatic heterocycles. The van der Waals surface area contributed by atoms with Crippen LogP contribution in [0.2, 0.25) is 10.0 Å². The van der Waals surface area contributed by atoms with E-state index in [1.807, 2.05) is 36.4 Å². The Kier molecular flexibility index (Phi) is 7.97. The van der Waals surface area contributed by atoms with Gasteiger partial charge in [0.1, 0.15) is 22.9 Å². The fraction of sp³-hybridized carbons (Fsp3) is 0.270. The number of carbonyl (C=O) groups is 2. The SMILES string of the molecule is C.COC(=O)c1ccc2c(c1)nc1n2C[C@H]2[C@@H]1[C@H](c1cccc(Cl)c1F)[C@]1(C(=O)Nc3cc(Cl)ccc31)N2CCc1cccc(OC)c1. The number of likely N-dealkylation sites (tertiary alicyclic amines) is 1. The zero-order valence-electron chi connectivity index (χ0n) is 25.5. The molecule has 11 heteroatoms. The number of methoxy groups -OCH3 is 2. The van der Waals surface area contributed by atoms with Crippen LogP contribution in [0.15, 0.2) is 78.9 Å². The Morgan fingerprint density at radius 1 is 1.06 bits per heavy atom. The van der Waals surface area contributed by atoms with E-state index in [1.54, 1.807) is 43.5 Å². The van der Waals surface area contributed by atoms with Crippen LogP contribution >= 0.6 is 23.2 Å². The third kappa shape index (κ3) is 4.55. The molecule has 8 rings (SSSR count). The molecule has 1 amide bonds. The Morgan fingerprint density at radius 2 is 1.88 bits per heavy atom. The molecule has 3 aliphatic rings. The molecule has 0 bridgehead atoms. The summed E-state index contributed by atoms with van der Waals surface area (Å²) in [6.45, 7) is 0.987. The number of rotatable bonds is 6. The van der Waals surface area contributed by atoms with Gasteiger partial charge in [0.05, 0.1) is 35.8 Å². The van der Waals surface area contributed by atoms with E-state index in [0.29, 0.717) is 46.9 Å². The standard InChI is InChI=1S/C36H29Cl2FN4O4.CH4/c1-46-22-6-3-5-19(15-22)13-14-43-29-18-42-28-12-9-20(34(44)47-2)16-27(28)40-33(42)30(29)31(23-7-4-8-25(38)32(23)39)36(43)24-11-10-21(37)17-26(24)41-35(36)45;/h3-12,15-17,29-31H,13-14,18H2,1-2H3,(H,41,45);1H4/t29-,30+,31-,36+;/m0./s1. The van der Waals surface area contributed by atoms with Gasteiger partial charge in [0.2, 0.25) is 5.91 Å². The molecule has 5 aromatic rings. The van der Waals surface area contributed by atoms with Gasteiger partial charge < -0.3 is 19.4 Å². The summed E-state index contributed by atoms with van der Waals surface area (Å²) in [5, 5.41) is 3.56. The van der Waals surface area contributed by atoms with Gasteiger partial charge in [-0.05, 0) is 66.1 Å². The summed E-state index contributed by atoms with van der Waals surface area (Å²) in [6, 6.07) is 23.3. The lowest BCUT2D eigenvalue weighted by Crippen LogP contribution is -2.53. The normalized spacial score (nSPS) is 22.3. The number of carbonyl (C=O) groups excluding carboxylic acids is 2. The van der Waals surface area contributed by atoms with Gasteiger partial charge in [-0.1, -0.05) is 61.0 Å². The van der Waals surface area contributed by atoms with Crippen molar-refractivity contribution >= 4 is 51.8 Å². The highest BCUT2D eigenvalue weighted by Crippen LogP contribution is 2.64. The number of anilines is 1. The van der Waals surface area contributed by atoms with Crippen molar-refractivity contribution in [3.8, 4) is 5.75 Å². The average molecular weight is 688 g/mol. The summed E-state index contributed by atoms with van der Waals surface area (Å²) in [7, 11) is 2.97. The second kappa shape index (κ2) is 11.9. The first-order valence-corrected chi connectivity index (χ1v) is 16.1. The highest BCUT2D eigenvalue weighted by atomic mass is 35.5. The summed E-state index contributed by atoms with van der Waals surface area (Å²) in [6.07, 6.45) is 0.606. The Labute approximate surface area is 287 Å². The van der Waals surface area contributed by atoms with Crippen molar-refractivity contribution in [1.82, 2.24) is 14.5 Å². The molecule has 0 saturated carbocycles. The lowest BCUT2D eigenvalue weighted by Gasteiger charge is -2.40. The zero-order valence-corrected chi connectivity index (χ0v) is 27.0. The maximum atomic E-state index is 16.3. The van der Waals surface area contributed by atoms with Crippen LogP contribution in [0.3, 0.4) is 0 Å². The third-order valence-electron chi connectivity index (χ3n) is 10.0. The maximum absolute atomic E-state index is 16.3. The highest BCUT2D eigenvalue weighted by Gasteiger charge is 2.69. The number of nitrogens with one attached hydrogen (secondary N) is 1. The molecule has 1 aromatic heterocycles. The lowest BCUT2D eigenvalue weighted by atomic mass is 9.71. The quantitative estimate of drug-likeness (QED) is 0.186. The fourth-order valence-electron chi connectivity index (χ4n) is 8.16. The molecular formula is C37H33Cl2FN4O4. The van der Waals surface area contributed by atoms with Crippen molar-refractivity contribution in [2.45, 2.75) is 43.8 Å². The van der Waals surface area contributed by atoms with Gasteiger partial charge in [-0.25, -0.2) is 14.2 Å². The average Bonchev–Trinajstić information content (AvgIpc) is 3.77. The number of amides is 1. The second-order valence-electron chi connectivity index (χ2n) is 12.2. The molecule has 4 heterocycles. The smallest absolute Gasteiger partial charge is 0.337 e. The van der Waals surface area contributed by atoms with Gasteiger partial charge >= 0.3 is 5.97 Å². The third-order valence-corrected chi connectivity index (χ3v) is 10.5. The number of esters is 1. The monoisotopic (exact) mass is 686 g/mol. The second-order valence-corrected chi connectivity index (χ2v) is 13.0. The van der Waals surface area contributed by atoms with E-state index in [2.05, 4.69) is 14.8 Å². The van der Waals surface area contributed by atoms with E-state index >= 15 is 4.39 Å². The van der Waals surface area contributed by atoms with Crippen LogP contribution in [0.25, 0.3) is 11.0 Å². The molecule has 1 spiro atoms. The van der Waals surface area contributed by atoms with Gasteiger partial charge in [-0.3, -0.25) is 9.69 Å². The molecule has 8 nitrogen and oxygen atoms in total. The van der Waals surface area contributed by atoms with E-state index in [-0.39, 0.29) is 24.4 Å². The predicted molar refractivity (Wildman–Crippen MR) is 184 cm³/mol. The molecule has 0 radical (unpaired) electrons. The minimum absolute atomic E-state index is 0. The topological polar surface area (TPSA) is 85.7 Å². The van der Waals surface area contributed by atoms with Crippen LogP contribution in [0.4, 0.5) is 10.1 Å². The van der Waals surface area contributed by atoms with Crippen LogP contribution in [-0.2, 0) is 28.0 Å². The molecule has 0 unspecified atom stereocenters. The van der Waals surface area contributed by atoms with Crippen molar-refractivity contribution in [3.63, 3.8) is 0 Å². The summed E-state index contributed by atoms with van der Waals surface area (Å²) < 4.78 is 28.9. The zero-order chi connectivity index (χ0) is 32.6. The van der Waals surface area contributed by atoms with E-state index in [1.165, 1.54) is 13.2 Å². The summed E-state index contributed by atoms with van der Waals surface area (Å²) in [5.41, 5.74) is 3.25. The van der Waals surface area contributed by atoms with E-state index < -0.39 is 29.2 Å². The van der Waals surface area contributed by atoms with Crippen molar-refractivity contribution in [3.05, 3.63) is 123 Å². The fourth-order valence-corrected chi connectivity index (χ4v) is 8.51. The Bertz CT molecular complexity index is 2120. The van der Waals surface area contributed by atoms with Crippen LogP contribution in [0.5, 0.6) is 5.75 Å². The number of hydrogen-bond acceptors (Lipinski definition) is 6. The van der Waals surface area contributed by atoms with Gasteiger partial charge in [0, 0.05) is 47.2 Å². The Morgan fingerprint density at radius 3 is 2.67 bits per heavy atom. The summed E-state index contributed by atoms with van der Waals surface area (Å²) in [5.74, 6) is -0.938. The summed E-state index contributed by atoms with van der Waals surface area (Å²) >= 11 is 12.9. The molecule has 1 saturated heterocycles. The number of hydrogen-bond donors (Lipinski definition) is 1. The van der Waals surface area contributed by atoms with Crippen LogP contribution in [0.1, 0.15) is 52.1 Å². The van der Waals surface area contributed by atoms with Gasteiger partial charge in [-0.15, -0.1) is 0 Å². The van der Waals surface area contributed by atoms with Crippen LogP contribution in [-0.4, -0.2) is 53.1 Å². The van der Waals surface area contributed by atoms with Gasteiger partial charge in [0.25, 0.3) is 0 Å². The number of ether oxygens (including phenoxy) is 2. The molecule has 4 aromatic carbocycles. The number of imidazole rings is 1. The first-order chi connectivity index (χ1) is 22.8. The maximum Gasteiger partial charge on any atom is 0.337 e. The molecule has 1 N–H and O–H groups in total. The van der Waals surface area contributed by atoms with Crippen LogP contribution < -0.4 is 10.1 Å². The number of nitrogens with zero attached hydrogens (tertiary/aromatic N) is 3. The minimum Gasteiger partial charge on any atom is -0.497 e.